The number of rotatable bonds is 5. The predicted octanol–water partition coefficient (Wildman–Crippen LogP) is 0.917. The second kappa shape index (κ2) is 8.33. The Balaban J connectivity index is 1.85. The summed E-state index contributed by atoms with van der Waals surface area (Å²) in [6, 6.07) is 6.07. The van der Waals surface area contributed by atoms with Crippen LogP contribution in [0.25, 0.3) is 0 Å². The number of fused-ring (bicyclic) bond motifs is 1. The van der Waals surface area contributed by atoms with Crippen LogP contribution in [0.4, 0.5) is 0 Å². The van der Waals surface area contributed by atoms with Crippen LogP contribution < -0.4 is 4.72 Å². The van der Waals surface area contributed by atoms with Gasteiger partial charge in [0.1, 0.15) is 11.9 Å². The van der Waals surface area contributed by atoms with Gasteiger partial charge in [0.15, 0.2) is 0 Å². The Labute approximate surface area is 166 Å². The number of sulfonamides is 1. The molecule has 0 saturated carbocycles. The molecule has 0 unspecified atom stereocenters. The SMILES string of the molecule is C#CCN1CCN(C(=O)[C@@H](N=C2NS(=O)(=O)c3ccccc32)[C@@H](C)CC)CC1. The Morgan fingerprint density at radius 1 is 1.29 bits per heavy atom. The molecule has 1 aromatic carbocycles. The molecule has 8 heteroatoms. The molecule has 28 heavy (non-hydrogen) atoms. The lowest BCUT2D eigenvalue weighted by Crippen LogP contribution is -2.52. The van der Waals surface area contributed by atoms with Gasteiger partial charge in [-0.15, -0.1) is 6.42 Å². The molecule has 1 saturated heterocycles. The third-order valence-electron chi connectivity index (χ3n) is 5.37. The maximum Gasteiger partial charge on any atom is 0.263 e. The van der Waals surface area contributed by atoms with Crippen LogP contribution in [0.1, 0.15) is 25.8 Å². The van der Waals surface area contributed by atoms with Crippen LogP contribution in [0.3, 0.4) is 0 Å². The fourth-order valence-electron chi connectivity index (χ4n) is 3.46. The second-order valence-electron chi connectivity index (χ2n) is 7.22. The van der Waals surface area contributed by atoms with Gasteiger partial charge in [-0.1, -0.05) is 38.3 Å². The number of terminal acetylenes is 1. The summed E-state index contributed by atoms with van der Waals surface area (Å²) in [6.07, 6.45) is 6.13. The van der Waals surface area contributed by atoms with Crippen LogP contribution in [-0.4, -0.2) is 68.7 Å². The van der Waals surface area contributed by atoms with Crippen LogP contribution in [-0.2, 0) is 14.8 Å². The van der Waals surface area contributed by atoms with Crippen molar-refractivity contribution in [2.75, 3.05) is 32.7 Å². The zero-order valence-corrected chi connectivity index (χ0v) is 17.1. The minimum Gasteiger partial charge on any atom is -0.338 e. The molecule has 0 bridgehead atoms. The molecular formula is C20H26N4O3S. The van der Waals surface area contributed by atoms with Gasteiger partial charge in [0.25, 0.3) is 10.0 Å². The average molecular weight is 403 g/mol. The number of carbonyl (C=O) groups excluding carboxylic acids is 1. The second-order valence-corrected chi connectivity index (χ2v) is 8.87. The van der Waals surface area contributed by atoms with E-state index in [2.05, 4.69) is 20.5 Å². The Morgan fingerprint density at radius 2 is 1.96 bits per heavy atom. The summed E-state index contributed by atoms with van der Waals surface area (Å²) < 4.78 is 27.2. The highest BCUT2D eigenvalue weighted by Gasteiger charge is 2.35. The van der Waals surface area contributed by atoms with E-state index in [0.717, 1.165) is 19.5 Å². The molecule has 1 aromatic rings. The van der Waals surface area contributed by atoms with Gasteiger partial charge in [-0.2, -0.15) is 0 Å². The molecule has 7 nitrogen and oxygen atoms in total. The summed E-state index contributed by atoms with van der Waals surface area (Å²) in [4.78, 5) is 22.0. The first-order valence-electron chi connectivity index (χ1n) is 9.52. The van der Waals surface area contributed by atoms with Gasteiger partial charge in [-0.05, 0) is 18.1 Å². The lowest BCUT2D eigenvalue weighted by Gasteiger charge is -2.36. The van der Waals surface area contributed by atoms with Gasteiger partial charge in [-0.3, -0.25) is 19.4 Å². The highest BCUT2D eigenvalue weighted by atomic mass is 32.2. The number of piperazine rings is 1. The van der Waals surface area contributed by atoms with Gasteiger partial charge in [0.2, 0.25) is 5.91 Å². The van der Waals surface area contributed by atoms with Crippen molar-refractivity contribution in [2.45, 2.75) is 31.2 Å². The topological polar surface area (TPSA) is 82.1 Å². The summed E-state index contributed by atoms with van der Waals surface area (Å²) >= 11 is 0. The van der Waals surface area contributed by atoms with Gasteiger partial charge < -0.3 is 4.90 Å². The maximum atomic E-state index is 13.2. The summed E-state index contributed by atoms with van der Waals surface area (Å²) in [5, 5.41) is 0. The van der Waals surface area contributed by atoms with Crippen molar-refractivity contribution < 1.29 is 13.2 Å². The van der Waals surface area contributed by atoms with E-state index in [1.54, 1.807) is 24.3 Å². The first-order chi connectivity index (χ1) is 13.4. The third-order valence-corrected chi connectivity index (χ3v) is 6.76. The lowest BCUT2D eigenvalue weighted by molar-refractivity contribution is -0.135. The van der Waals surface area contributed by atoms with E-state index in [1.807, 2.05) is 18.7 Å². The van der Waals surface area contributed by atoms with E-state index >= 15 is 0 Å². The van der Waals surface area contributed by atoms with Crippen molar-refractivity contribution in [3.63, 3.8) is 0 Å². The normalized spacial score (nSPS) is 22.2. The quantitative estimate of drug-likeness (QED) is 0.743. The Hall–Kier alpha value is -2.37. The summed E-state index contributed by atoms with van der Waals surface area (Å²) in [5.74, 6) is 2.81. The van der Waals surface area contributed by atoms with Crippen molar-refractivity contribution in [1.82, 2.24) is 14.5 Å². The monoisotopic (exact) mass is 402 g/mol. The van der Waals surface area contributed by atoms with Gasteiger partial charge in [-0.25, -0.2) is 8.42 Å². The zero-order chi connectivity index (χ0) is 20.3. The maximum absolute atomic E-state index is 13.2. The molecule has 1 N–H and O–H groups in total. The number of nitrogens with one attached hydrogen (secondary N) is 1. The Morgan fingerprint density at radius 3 is 2.61 bits per heavy atom. The molecule has 2 aliphatic rings. The molecule has 1 amide bonds. The molecule has 2 heterocycles. The first-order valence-corrected chi connectivity index (χ1v) is 11.0. The fraction of sp³-hybridized carbons (Fsp3) is 0.500. The van der Waals surface area contributed by atoms with Crippen molar-refractivity contribution in [3.8, 4) is 12.3 Å². The van der Waals surface area contributed by atoms with Crippen LogP contribution >= 0.6 is 0 Å². The number of hydrogen-bond acceptors (Lipinski definition) is 5. The van der Waals surface area contributed by atoms with E-state index in [9.17, 15) is 13.2 Å². The number of nitrogens with zero attached hydrogens (tertiary/aromatic N) is 3. The number of carbonyl (C=O) groups is 1. The largest absolute Gasteiger partial charge is 0.338 e. The Kier molecular flexibility index (Phi) is 6.06. The minimum atomic E-state index is -3.63. The Bertz CT molecular complexity index is 912. The molecule has 0 aliphatic carbocycles. The van der Waals surface area contributed by atoms with Gasteiger partial charge in [0, 0.05) is 31.7 Å². The average Bonchev–Trinajstić information content (AvgIpc) is 2.96. The number of amidine groups is 1. The molecule has 0 spiro atoms. The van der Waals surface area contributed by atoms with E-state index < -0.39 is 16.1 Å². The summed E-state index contributed by atoms with van der Waals surface area (Å²) in [5.41, 5.74) is 0.516. The molecule has 0 radical (unpaired) electrons. The van der Waals surface area contributed by atoms with Crippen LogP contribution in [0.2, 0.25) is 0 Å². The fourth-order valence-corrected chi connectivity index (χ4v) is 4.70. The summed E-state index contributed by atoms with van der Waals surface area (Å²) in [6.45, 7) is 7.21. The van der Waals surface area contributed by atoms with Crippen molar-refractivity contribution >= 4 is 21.8 Å². The molecule has 3 rings (SSSR count). The predicted molar refractivity (Wildman–Crippen MR) is 108 cm³/mol. The van der Waals surface area contributed by atoms with E-state index in [1.165, 1.54) is 0 Å². The molecule has 0 aromatic heterocycles. The van der Waals surface area contributed by atoms with E-state index in [-0.39, 0.29) is 22.6 Å². The number of hydrogen-bond donors (Lipinski definition) is 1. The summed E-state index contributed by atoms with van der Waals surface area (Å²) in [7, 11) is -3.63. The number of aliphatic imine (C=N–C) groups is 1. The molecule has 150 valence electrons. The van der Waals surface area contributed by atoms with Crippen molar-refractivity contribution in [3.05, 3.63) is 29.8 Å². The van der Waals surface area contributed by atoms with E-state index in [4.69, 9.17) is 6.42 Å². The minimum absolute atomic E-state index is 0.0130. The van der Waals surface area contributed by atoms with Crippen LogP contribution in [0.15, 0.2) is 34.2 Å². The highest BCUT2D eigenvalue weighted by Crippen LogP contribution is 2.24. The molecule has 2 atom stereocenters. The molecule has 2 aliphatic heterocycles. The first kappa shape index (κ1) is 20.4. The molecule has 1 fully saturated rings. The van der Waals surface area contributed by atoms with E-state index in [0.29, 0.717) is 25.2 Å². The van der Waals surface area contributed by atoms with Gasteiger partial charge >= 0.3 is 0 Å². The number of amides is 1. The van der Waals surface area contributed by atoms with Crippen LogP contribution in [0.5, 0.6) is 0 Å². The third kappa shape index (κ3) is 4.05. The zero-order valence-electron chi connectivity index (χ0n) is 16.3. The van der Waals surface area contributed by atoms with Crippen LogP contribution in [0, 0.1) is 18.3 Å². The number of benzene rings is 1. The highest BCUT2D eigenvalue weighted by molar-refractivity contribution is 7.90. The van der Waals surface area contributed by atoms with Crippen molar-refractivity contribution in [2.24, 2.45) is 10.9 Å². The molecular weight excluding hydrogens is 376 g/mol. The lowest BCUT2D eigenvalue weighted by atomic mass is 9.97. The van der Waals surface area contributed by atoms with Crippen molar-refractivity contribution in [1.29, 1.82) is 0 Å². The standard InChI is InChI=1S/C20H26N4O3S/c1-4-10-23-11-13-24(14-12-23)20(25)18(15(3)5-2)21-19-16-8-6-7-9-17(16)28(26,27)22-19/h1,6-9,15,18H,5,10-14H2,2-3H3,(H,21,22)/t15-,18-/m0/s1. The van der Waals surface area contributed by atoms with Gasteiger partial charge in [0.05, 0.1) is 11.4 Å². The smallest absolute Gasteiger partial charge is 0.263 e.